The van der Waals surface area contributed by atoms with E-state index >= 15 is 0 Å². The van der Waals surface area contributed by atoms with E-state index in [1.54, 1.807) is 11.3 Å². The SMILES string of the molecule is N#Cc1ccc(CNC(c2ccccc2)C2CC2)s1. The number of benzene rings is 1. The van der Waals surface area contributed by atoms with Crippen LogP contribution in [0.3, 0.4) is 0 Å². The number of nitrogens with zero attached hydrogens (tertiary/aromatic N) is 1. The minimum Gasteiger partial charge on any atom is -0.305 e. The minimum atomic E-state index is 0.453. The predicted octanol–water partition coefficient (Wildman–Crippen LogP) is 3.86. The van der Waals surface area contributed by atoms with Gasteiger partial charge in [0, 0.05) is 17.5 Å². The van der Waals surface area contributed by atoms with Crippen LogP contribution in [0, 0.1) is 17.2 Å². The summed E-state index contributed by atoms with van der Waals surface area (Å²) in [4.78, 5) is 2.03. The van der Waals surface area contributed by atoms with E-state index in [1.165, 1.54) is 23.3 Å². The first-order valence-electron chi connectivity index (χ1n) is 6.64. The second-order valence-corrected chi connectivity index (χ2v) is 6.15. The van der Waals surface area contributed by atoms with Crippen molar-refractivity contribution in [1.29, 1.82) is 5.26 Å². The van der Waals surface area contributed by atoms with E-state index in [1.807, 2.05) is 12.1 Å². The summed E-state index contributed by atoms with van der Waals surface area (Å²) in [5.41, 5.74) is 1.38. The number of hydrogen-bond acceptors (Lipinski definition) is 3. The molecule has 2 aromatic rings. The lowest BCUT2D eigenvalue weighted by Gasteiger charge is -2.18. The largest absolute Gasteiger partial charge is 0.305 e. The molecule has 1 aliphatic carbocycles. The highest BCUT2D eigenvalue weighted by Crippen LogP contribution is 2.41. The highest BCUT2D eigenvalue weighted by atomic mass is 32.1. The monoisotopic (exact) mass is 268 g/mol. The van der Waals surface area contributed by atoms with E-state index in [4.69, 9.17) is 5.26 Å². The Morgan fingerprint density at radius 3 is 2.63 bits per heavy atom. The molecular formula is C16H16N2S. The lowest BCUT2D eigenvalue weighted by atomic mass is 10.0. The summed E-state index contributed by atoms with van der Waals surface area (Å²) in [6.45, 7) is 0.850. The summed E-state index contributed by atoms with van der Waals surface area (Å²) in [7, 11) is 0. The van der Waals surface area contributed by atoms with Gasteiger partial charge in [-0.1, -0.05) is 30.3 Å². The fraction of sp³-hybridized carbons (Fsp3) is 0.312. The van der Waals surface area contributed by atoms with Crippen molar-refractivity contribution < 1.29 is 0 Å². The second kappa shape index (κ2) is 5.56. The van der Waals surface area contributed by atoms with E-state index in [0.717, 1.165) is 17.3 Å². The van der Waals surface area contributed by atoms with Crippen molar-refractivity contribution in [3.8, 4) is 6.07 Å². The molecule has 96 valence electrons. The molecule has 3 heteroatoms. The molecule has 2 nitrogen and oxygen atoms in total. The van der Waals surface area contributed by atoms with E-state index < -0.39 is 0 Å². The molecule has 19 heavy (non-hydrogen) atoms. The summed E-state index contributed by atoms with van der Waals surface area (Å²) in [5.74, 6) is 0.776. The zero-order valence-electron chi connectivity index (χ0n) is 10.7. The average Bonchev–Trinajstić information content (AvgIpc) is 3.18. The molecule has 0 spiro atoms. The molecule has 0 amide bonds. The molecule has 3 rings (SSSR count). The number of nitriles is 1. The molecule has 1 atom stereocenters. The van der Waals surface area contributed by atoms with Crippen LogP contribution in [0.1, 0.15) is 34.2 Å². The van der Waals surface area contributed by atoms with Crippen LogP contribution in [0.5, 0.6) is 0 Å². The Hall–Kier alpha value is -1.63. The summed E-state index contributed by atoms with van der Waals surface area (Å²) in [6.07, 6.45) is 2.64. The summed E-state index contributed by atoms with van der Waals surface area (Å²) in [6, 6.07) is 17.3. The summed E-state index contributed by atoms with van der Waals surface area (Å²) >= 11 is 1.58. The van der Waals surface area contributed by atoms with Gasteiger partial charge in [0.15, 0.2) is 0 Å². The van der Waals surface area contributed by atoms with Gasteiger partial charge in [-0.2, -0.15) is 5.26 Å². The molecule has 0 radical (unpaired) electrons. The first-order chi connectivity index (χ1) is 9.36. The van der Waals surface area contributed by atoms with Gasteiger partial charge in [-0.05, 0) is 36.5 Å². The molecule has 1 aromatic carbocycles. The van der Waals surface area contributed by atoms with Gasteiger partial charge in [0.2, 0.25) is 0 Å². The normalized spacial score (nSPS) is 15.9. The number of rotatable bonds is 5. The third kappa shape index (κ3) is 3.04. The maximum absolute atomic E-state index is 8.84. The van der Waals surface area contributed by atoms with Crippen LogP contribution in [-0.2, 0) is 6.54 Å². The number of nitrogens with one attached hydrogen (secondary N) is 1. The van der Waals surface area contributed by atoms with Crippen LogP contribution in [0.2, 0.25) is 0 Å². The number of hydrogen-bond donors (Lipinski definition) is 1. The lowest BCUT2D eigenvalue weighted by Crippen LogP contribution is -2.22. The summed E-state index contributed by atoms with van der Waals surface area (Å²) in [5, 5.41) is 12.5. The maximum atomic E-state index is 8.84. The van der Waals surface area contributed by atoms with E-state index in [9.17, 15) is 0 Å². The number of thiophene rings is 1. The molecule has 0 saturated heterocycles. The first kappa shape index (κ1) is 12.4. The van der Waals surface area contributed by atoms with Crippen molar-refractivity contribution in [2.75, 3.05) is 0 Å². The van der Waals surface area contributed by atoms with Gasteiger partial charge in [-0.25, -0.2) is 0 Å². The standard InChI is InChI=1S/C16H16N2S/c17-10-14-8-9-15(19-14)11-18-16(13-6-7-13)12-4-2-1-3-5-12/h1-5,8-9,13,16,18H,6-7,11H2. The molecule has 1 aliphatic rings. The van der Waals surface area contributed by atoms with Crippen molar-refractivity contribution in [3.05, 3.63) is 57.8 Å². The fourth-order valence-corrected chi connectivity index (χ4v) is 3.15. The quantitative estimate of drug-likeness (QED) is 0.893. The molecule has 1 aromatic heterocycles. The highest BCUT2D eigenvalue weighted by Gasteiger charge is 2.31. The van der Waals surface area contributed by atoms with E-state index in [-0.39, 0.29) is 0 Å². The van der Waals surface area contributed by atoms with Crippen LogP contribution in [0.25, 0.3) is 0 Å². The minimum absolute atomic E-state index is 0.453. The van der Waals surface area contributed by atoms with Crippen molar-refractivity contribution in [2.45, 2.75) is 25.4 Å². The molecule has 1 saturated carbocycles. The average molecular weight is 268 g/mol. The first-order valence-corrected chi connectivity index (χ1v) is 7.45. The summed E-state index contributed by atoms with van der Waals surface area (Å²) < 4.78 is 0. The van der Waals surface area contributed by atoms with Gasteiger partial charge in [0.25, 0.3) is 0 Å². The van der Waals surface area contributed by atoms with Crippen LogP contribution in [-0.4, -0.2) is 0 Å². The smallest absolute Gasteiger partial charge is 0.110 e. The van der Waals surface area contributed by atoms with Crippen LogP contribution >= 0.6 is 11.3 Å². The van der Waals surface area contributed by atoms with Crippen molar-refractivity contribution in [2.24, 2.45) is 5.92 Å². The predicted molar refractivity (Wildman–Crippen MR) is 77.8 cm³/mol. The van der Waals surface area contributed by atoms with Crippen LogP contribution < -0.4 is 5.32 Å². The van der Waals surface area contributed by atoms with Gasteiger partial charge in [-0.3, -0.25) is 0 Å². The Balaban J connectivity index is 1.67. The topological polar surface area (TPSA) is 35.8 Å². The third-order valence-electron chi connectivity index (χ3n) is 3.52. The Morgan fingerprint density at radius 2 is 2.00 bits per heavy atom. The molecule has 0 aliphatic heterocycles. The Bertz CT molecular complexity index is 578. The lowest BCUT2D eigenvalue weighted by molar-refractivity contribution is 0.483. The Morgan fingerprint density at radius 1 is 1.21 bits per heavy atom. The Kier molecular flexibility index (Phi) is 3.63. The second-order valence-electron chi connectivity index (χ2n) is 4.98. The van der Waals surface area contributed by atoms with Gasteiger partial charge < -0.3 is 5.32 Å². The molecular weight excluding hydrogens is 252 g/mol. The van der Waals surface area contributed by atoms with Gasteiger partial charge in [0.1, 0.15) is 10.9 Å². The molecule has 1 heterocycles. The molecule has 1 fully saturated rings. The van der Waals surface area contributed by atoms with E-state index in [0.29, 0.717) is 6.04 Å². The van der Waals surface area contributed by atoms with Crippen molar-refractivity contribution in [1.82, 2.24) is 5.32 Å². The molecule has 0 bridgehead atoms. The molecule has 1 N–H and O–H groups in total. The van der Waals surface area contributed by atoms with Crippen molar-refractivity contribution in [3.63, 3.8) is 0 Å². The van der Waals surface area contributed by atoms with E-state index in [2.05, 4.69) is 41.7 Å². The van der Waals surface area contributed by atoms with Crippen LogP contribution in [0.15, 0.2) is 42.5 Å². The zero-order chi connectivity index (χ0) is 13.1. The fourth-order valence-electron chi connectivity index (χ4n) is 2.39. The van der Waals surface area contributed by atoms with Gasteiger partial charge in [-0.15, -0.1) is 11.3 Å². The van der Waals surface area contributed by atoms with Crippen molar-refractivity contribution >= 4 is 11.3 Å². The zero-order valence-corrected chi connectivity index (χ0v) is 11.5. The Labute approximate surface area is 117 Å². The van der Waals surface area contributed by atoms with Gasteiger partial charge in [0.05, 0.1) is 0 Å². The van der Waals surface area contributed by atoms with Gasteiger partial charge >= 0.3 is 0 Å². The third-order valence-corrected chi connectivity index (χ3v) is 4.51. The van der Waals surface area contributed by atoms with Crippen LogP contribution in [0.4, 0.5) is 0 Å². The molecule has 1 unspecified atom stereocenters. The maximum Gasteiger partial charge on any atom is 0.110 e. The highest BCUT2D eigenvalue weighted by molar-refractivity contribution is 7.12.